The highest BCUT2D eigenvalue weighted by Gasteiger charge is 2.19. The molecule has 1 aliphatic rings. The highest BCUT2D eigenvalue weighted by Crippen LogP contribution is 2.20. The van der Waals surface area contributed by atoms with E-state index in [-0.39, 0.29) is 11.8 Å². The molecule has 1 aromatic rings. The predicted molar refractivity (Wildman–Crippen MR) is 82.3 cm³/mol. The number of ether oxygens (including phenoxy) is 1. The van der Waals surface area contributed by atoms with Crippen molar-refractivity contribution in [1.29, 1.82) is 5.26 Å². The van der Waals surface area contributed by atoms with Crippen molar-refractivity contribution in [2.24, 2.45) is 7.05 Å². The zero-order valence-corrected chi connectivity index (χ0v) is 13.6. The first-order chi connectivity index (χ1) is 10.7. The van der Waals surface area contributed by atoms with Crippen LogP contribution in [-0.2, 0) is 23.1 Å². The van der Waals surface area contributed by atoms with E-state index in [1.54, 1.807) is 16.6 Å². The maximum Gasteiger partial charge on any atom is 0.237 e. The topological polar surface area (TPSA) is 71.2 Å². The van der Waals surface area contributed by atoms with Gasteiger partial charge in [0.1, 0.15) is 11.9 Å². The average Bonchev–Trinajstić information content (AvgIpc) is 3.16. The van der Waals surface area contributed by atoms with Crippen molar-refractivity contribution >= 4 is 17.5 Å². The molecular weight excluding hydrogens is 304 g/mol. The summed E-state index contributed by atoms with van der Waals surface area (Å²) in [6.45, 7) is 1.28. The van der Waals surface area contributed by atoms with Crippen LogP contribution in [0, 0.1) is 11.3 Å². The minimum Gasteiger partial charge on any atom is -0.376 e. The van der Waals surface area contributed by atoms with E-state index in [4.69, 9.17) is 21.6 Å². The zero-order valence-electron chi connectivity index (χ0n) is 12.8. The minimum absolute atomic E-state index is 0.0802. The molecule has 0 radical (unpaired) electrons. The molecule has 120 valence electrons. The van der Waals surface area contributed by atoms with Gasteiger partial charge in [-0.3, -0.25) is 9.48 Å². The molecule has 1 aromatic heterocycles. The van der Waals surface area contributed by atoms with Gasteiger partial charge in [-0.25, -0.2) is 0 Å². The highest BCUT2D eigenvalue weighted by atomic mass is 35.5. The van der Waals surface area contributed by atoms with E-state index in [0.29, 0.717) is 37.1 Å². The summed E-state index contributed by atoms with van der Waals surface area (Å²) in [5.41, 5.74) is 1.19. The Hall–Kier alpha value is -1.58. The zero-order chi connectivity index (χ0) is 15.9. The number of halogens is 1. The van der Waals surface area contributed by atoms with Gasteiger partial charge in [0.05, 0.1) is 36.7 Å². The Morgan fingerprint density at radius 3 is 2.95 bits per heavy atom. The summed E-state index contributed by atoms with van der Waals surface area (Å²) < 4.78 is 7.43. The normalized spacial score (nSPS) is 15.0. The molecular formula is C15H21ClN4O2. The van der Waals surface area contributed by atoms with Crippen LogP contribution < -0.4 is 0 Å². The van der Waals surface area contributed by atoms with Crippen molar-refractivity contribution in [3.05, 3.63) is 17.5 Å². The van der Waals surface area contributed by atoms with Crippen LogP contribution in [-0.4, -0.2) is 45.7 Å². The van der Waals surface area contributed by atoms with Crippen molar-refractivity contribution < 1.29 is 9.53 Å². The minimum atomic E-state index is -0.165. The van der Waals surface area contributed by atoms with E-state index in [0.717, 1.165) is 12.8 Å². The van der Waals surface area contributed by atoms with Crippen molar-refractivity contribution in [2.75, 3.05) is 19.0 Å². The molecule has 0 N–H and O–H groups in total. The SMILES string of the molecule is Cn1ncc(C#N)c1CN(CCOC1CCCC1)C(=O)CCl. The highest BCUT2D eigenvalue weighted by molar-refractivity contribution is 6.27. The van der Waals surface area contributed by atoms with Gasteiger partial charge in [-0.1, -0.05) is 12.8 Å². The Morgan fingerprint density at radius 1 is 1.59 bits per heavy atom. The van der Waals surface area contributed by atoms with Gasteiger partial charge in [-0.15, -0.1) is 11.6 Å². The van der Waals surface area contributed by atoms with Crippen LogP contribution in [0.5, 0.6) is 0 Å². The van der Waals surface area contributed by atoms with Crippen LogP contribution in [0.3, 0.4) is 0 Å². The molecule has 1 aliphatic carbocycles. The summed E-state index contributed by atoms with van der Waals surface area (Å²) in [4.78, 5) is 13.6. The van der Waals surface area contributed by atoms with Gasteiger partial charge in [-0.05, 0) is 12.8 Å². The second-order valence-corrected chi connectivity index (χ2v) is 5.73. The van der Waals surface area contributed by atoms with Crippen molar-refractivity contribution in [2.45, 2.75) is 38.3 Å². The summed E-state index contributed by atoms with van der Waals surface area (Å²) in [6, 6.07) is 2.09. The largest absolute Gasteiger partial charge is 0.376 e. The van der Waals surface area contributed by atoms with Crippen molar-refractivity contribution in [1.82, 2.24) is 14.7 Å². The predicted octanol–water partition coefficient (Wildman–Crippen LogP) is 1.82. The van der Waals surface area contributed by atoms with Gasteiger partial charge < -0.3 is 9.64 Å². The van der Waals surface area contributed by atoms with Gasteiger partial charge in [0.2, 0.25) is 5.91 Å². The lowest BCUT2D eigenvalue weighted by atomic mass is 10.2. The lowest BCUT2D eigenvalue weighted by Gasteiger charge is -2.23. The Bertz CT molecular complexity index is 546. The second kappa shape index (κ2) is 8.16. The Labute approximate surface area is 135 Å². The number of nitriles is 1. The molecule has 1 saturated carbocycles. The molecule has 6 nitrogen and oxygen atoms in total. The van der Waals surface area contributed by atoms with Crippen molar-refractivity contribution in [3.8, 4) is 6.07 Å². The second-order valence-electron chi connectivity index (χ2n) is 5.47. The molecule has 22 heavy (non-hydrogen) atoms. The number of amides is 1. The molecule has 0 spiro atoms. The van der Waals surface area contributed by atoms with E-state index in [9.17, 15) is 4.79 Å². The molecule has 0 saturated heterocycles. The number of rotatable bonds is 7. The number of hydrogen-bond acceptors (Lipinski definition) is 4. The first-order valence-corrected chi connectivity index (χ1v) is 8.05. The maximum atomic E-state index is 12.0. The molecule has 0 aromatic carbocycles. The molecule has 1 fully saturated rings. The molecule has 1 heterocycles. The van der Waals surface area contributed by atoms with Crippen LogP contribution in [0.4, 0.5) is 0 Å². The van der Waals surface area contributed by atoms with Crippen LogP contribution >= 0.6 is 11.6 Å². The van der Waals surface area contributed by atoms with Crippen molar-refractivity contribution in [3.63, 3.8) is 0 Å². The average molecular weight is 325 g/mol. The van der Waals surface area contributed by atoms with E-state index >= 15 is 0 Å². The van der Waals surface area contributed by atoms with E-state index in [1.165, 1.54) is 19.0 Å². The number of aryl methyl sites for hydroxylation is 1. The number of carbonyl (C=O) groups excluding carboxylic acids is 1. The summed E-state index contributed by atoms with van der Waals surface area (Å²) >= 11 is 5.69. The molecule has 1 amide bonds. The lowest BCUT2D eigenvalue weighted by Crippen LogP contribution is -2.35. The summed E-state index contributed by atoms with van der Waals surface area (Å²) in [5, 5.41) is 13.2. The van der Waals surface area contributed by atoms with Crippen LogP contribution in [0.25, 0.3) is 0 Å². The number of carbonyl (C=O) groups is 1. The fraction of sp³-hybridized carbons (Fsp3) is 0.667. The molecule has 2 rings (SSSR count). The van der Waals surface area contributed by atoms with Crippen LogP contribution in [0.15, 0.2) is 6.20 Å². The molecule has 7 heteroatoms. The number of alkyl halides is 1. The lowest BCUT2D eigenvalue weighted by molar-refractivity contribution is -0.130. The van der Waals surface area contributed by atoms with Gasteiger partial charge in [-0.2, -0.15) is 10.4 Å². The monoisotopic (exact) mass is 324 g/mol. The third-order valence-corrected chi connectivity index (χ3v) is 4.24. The smallest absolute Gasteiger partial charge is 0.237 e. The van der Waals surface area contributed by atoms with Gasteiger partial charge >= 0.3 is 0 Å². The third-order valence-electron chi connectivity index (χ3n) is 4.01. The first-order valence-electron chi connectivity index (χ1n) is 7.52. The fourth-order valence-corrected chi connectivity index (χ4v) is 2.85. The Balaban J connectivity index is 1.95. The van der Waals surface area contributed by atoms with Gasteiger partial charge in [0.15, 0.2) is 0 Å². The van der Waals surface area contributed by atoms with Gasteiger partial charge in [0.25, 0.3) is 0 Å². The third kappa shape index (κ3) is 4.21. The number of hydrogen-bond donors (Lipinski definition) is 0. The summed E-state index contributed by atoms with van der Waals surface area (Å²) in [6.07, 6.45) is 6.46. The van der Waals surface area contributed by atoms with Gasteiger partial charge in [0, 0.05) is 13.6 Å². The van der Waals surface area contributed by atoms with E-state index in [1.807, 2.05) is 0 Å². The van der Waals surface area contributed by atoms with E-state index < -0.39 is 0 Å². The molecule has 0 aliphatic heterocycles. The molecule has 0 atom stereocenters. The number of aromatic nitrogens is 2. The fourth-order valence-electron chi connectivity index (χ4n) is 2.69. The molecule has 0 unspecified atom stereocenters. The summed E-state index contributed by atoms with van der Waals surface area (Å²) in [7, 11) is 1.76. The molecule has 0 bridgehead atoms. The Kier molecular flexibility index (Phi) is 6.22. The first kappa shape index (κ1) is 16.8. The standard InChI is InChI=1S/C15H21ClN4O2/c1-19-14(12(9-17)10-18-19)11-20(15(21)8-16)6-7-22-13-4-2-3-5-13/h10,13H,2-8,11H2,1H3. The Morgan fingerprint density at radius 2 is 2.32 bits per heavy atom. The number of nitrogens with zero attached hydrogens (tertiary/aromatic N) is 4. The quantitative estimate of drug-likeness (QED) is 0.717. The van der Waals surface area contributed by atoms with Crippen LogP contribution in [0.1, 0.15) is 36.9 Å². The maximum absolute atomic E-state index is 12.0. The van der Waals surface area contributed by atoms with E-state index in [2.05, 4.69) is 11.2 Å². The summed E-state index contributed by atoms with van der Waals surface area (Å²) in [5.74, 6) is -0.245. The van der Waals surface area contributed by atoms with Crippen LogP contribution in [0.2, 0.25) is 0 Å².